The van der Waals surface area contributed by atoms with Crippen molar-refractivity contribution in [2.75, 3.05) is 20.3 Å². The van der Waals surface area contributed by atoms with E-state index in [1.54, 1.807) is 20.8 Å². The fraction of sp³-hybridized carbons (Fsp3) is 0.630. The Labute approximate surface area is 224 Å². The normalized spacial score (nSPS) is 11.5. The number of phenols is 3. The molecule has 0 spiro atoms. The van der Waals surface area contributed by atoms with Crippen LogP contribution in [0.15, 0.2) is 12.1 Å². The molecule has 0 amide bonds. The number of esters is 3. The largest absolute Gasteiger partial charge is 0.504 e. The van der Waals surface area contributed by atoms with Gasteiger partial charge in [0.1, 0.15) is 13.2 Å². The number of methoxy groups -OCH3 is 1. The van der Waals surface area contributed by atoms with Crippen LogP contribution in [-0.2, 0) is 28.6 Å². The van der Waals surface area contributed by atoms with E-state index in [9.17, 15) is 29.4 Å². The van der Waals surface area contributed by atoms with E-state index in [0.717, 1.165) is 18.6 Å². The third-order valence-electron chi connectivity index (χ3n) is 5.97. The smallest absolute Gasteiger partial charge is 0.338 e. The highest BCUT2D eigenvalue weighted by Gasteiger charge is 2.25. The Balaban J connectivity index is 0. The molecule has 0 aliphatic carbocycles. The van der Waals surface area contributed by atoms with Gasteiger partial charge in [0, 0.05) is 0 Å². The van der Waals surface area contributed by atoms with Gasteiger partial charge in [-0.05, 0) is 59.1 Å². The molecule has 0 radical (unpaired) electrons. The van der Waals surface area contributed by atoms with Crippen molar-refractivity contribution < 1.29 is 53.8 Å². The molecule has 218 valence electrons. The molecular formula is C27H44O11. The molecule has 1 aromatic rings. The fourth-order valence-electron chi connectivity index (χ4n) is 1.96. The Bertz CT molecular complexity index is 897. The van der Waals surface area contributed by atoms with E-state index in [1.165, 1.54) is 7.11 Å². The number of aliphatic carboxylic acids is 1. The summed E-state index contributed by atoms with van der Waals surface area (Å²) in [5.41, 5.74) is -0.981. The van der Waals surface area contributed by atoms with Crippen LogP contribution in [0.3, 0.4) is 0 Å². The topological polar surface area (TPSA) is 177 Å². The summed E-state index contributed by atoms with van der Waals surface area (Å²) in [6.07, 6.45) is 2.16. The number of carboxylic acids is 1. The van der Waals surface area contributed by atoms with Crippen molar-refractivity contribution >= 4 is 23.9 Å². The lowest BCUT2D eigenvalue weighted by Crippen LogP contribution is -2.24. The molecule has 0 aliphatic rings. The molecule has 38 heavy (non-hydrogen) atoms. The van der Waals surface area contributed by atoms with Gasteiger partial charge in [0.2, 0.25) is 0 Å². The molecule has 1 atom stereocenters. The summed E-state index contributed by atoms with van der Waals surface area (Å²) in [7, 11) is 1.42. The number of rotatable bonds is 10. The van der Waals surface area contributed by atoms with Gasteiger partial charge in [-0.3, -0.25) is 14.4 Å². The van der Waals surface area contributed by atoms with Gasteiger partial charge >= 0.3 is 23.9 Å². The molecule has 0 saturated carbocycles. The van der Waals surface area contributed by atoms with Crippen molar-refractivity contribution in [3.8, 4) is 17.2 Å². The fourth-order valence-corrected chi connectivity index (χ4v) is 1.96. The molecular weight excluding hydrogens is 500 g/mol. The quantitative estimate of drug-likeness (QED) is 0.139. The SMILES string of the molecule is CCC(C)(C)C(=O)O.CCC(C)(C)C(=O)OC.CCC(C)C(=O)OCCOC(=O)c1cc(O)c(O)c(O)c1. The standard InChI is InChI=1S/C14H18O7.C7H14O2.C6H12O2/c1-3-8(2)13(18)20-4-5-21-14(19)9-6-10(15)12(17)11(16)7-9;1-5-7(2,3)6(8)9-4;1-4-6(2,3)5(7)8/h6-8,15-17H,3-5H2,1-2H3;5H2,1-4H3;4H2,1-3H3,(H,7,8). The second-order valence-electron chi connectivity index (χ2n) is 9.75. The van der Waals surface area contributed by atoms with E-state index in [-0.39, 0.29) is 42.0 Å². The van der Waals surface area contributed by atoms with Crippen LogP contribution in [0.4, 0.5) is 0 Å². The lowest BCUT2D eigenvalue weighted by atomic mass is 9.91. The number of benzene rings is 1. The predicted molar refractivity (Wildman–Crippen MR) is 140 cm³/mol. The van der Waals surface area contributed by atoms with E-state index in [4.69, 9.17) is 19.7 Å². The molecule has 11 heteroatoms. The van der Waals surface area contributed by atoms with Gasteiger partial charge in [0.05, 0.1) is 29.4 Å². The molecule has 0 bridgehead atoms. The summed E-state index contributed by atoms with van der Waals surface area (Å²) in [4.78, 5) is 44.1. The molecule has 1 aromatic carbocycles. The third kappa shape index (κ3) is 13.2. The van der Waals surface area contributed by atoms with Crippen LogP contribution in [0, 0.1) is 16.7 Å². The monoisotopic (exact) mass is 544 g/mol. The number of ether oxygens (including phenoxy) is 3. The number of hydrogen-bond donors (Lipinski definition) is 4. The summed E-state index contributed by atoms with van der Waals surface area (Å²) in [5.74, 6) is -4.24. The van der Waals surface area contributed by atoms with Crippen LogP contribution in [0.1, 0.15) is 85.0 Å². The van der Waals surface area contributed by atoms with Gasteiger partial charge in [-0.15, -0.1) is 0 Å². The molecule has 0 heterocycles. The van der Waals surface area contributed by atoms with Gasteiger partial charge in [-0.2, -0.15) is 0 Å². The van der Waals surface area contributed by atoms with E-state index in [1.807, 2.05) is 34.6 Å². The Morgan fingerprint density at radius 2 is 1.29 bits per heavy atom. The van der Waals surface area contributed by atoms with Crippen LogP contribution < -0.4 is 0 Å². The Kier molecular flexibility index (Phi) is 16.5. The highest BCUT2D eigenvalue weighted by molar-refractivity contribution is 5.91. The zero-order valence-electron chi connectivity index (χ0n) is 23.9. The number of carbonyl (C=O) groups excluding carboxylic acids is 3. The summed E-state index contributed by atoms with van der Waals surface area (Å²) >= 11 is 0. The van der Waals surface area contributed by atoms with Gasteiger partial charge in [0.25, 0.3) is 0 Å². The van der Waals surface area contributed by atoms with Crippen LogP contribution in [-0.4, -0.2) is 64.6 Å². The van der Waals surface area contributed by atoms with Crippen molar-refractivity contribution in [1.82, 2.24) is 0 Å². The van der Waals surface area contributed by atoms with Crippen LogP contribution in [0.25, 0.3) is 0 Å². The van der Waals surface area contributed by atoms with Crippen molar-refractivity contribution in [3.63, 3.8) is 0 Å². The lowest BCUT2D eigenvalue weighted by Gasteiger charge is -2.17. The molecule has 11 nitrogen and oxygen atoms in total. The Morgan fingerprint density at radius 3 is 1.61 bits per heavy atom. The number of hydrogen-bond acceptors (Lipinski definition) is 10. The number of aromatic hydroxyl groups is 3. The van der Waals surface area contributed by atoms with Gasteiger partial charge in [-0.25, -0.2) is 4.79 Å². The maximum absolute atomic E-state index is 11.6. The first-order valence-corrected chi connectivity index (χ1v) is 12.3. The number of phenolic OH excluding ortho intramolecular Hbond substituents is 3. The van der Waals surface area contributed by atoms with E-state index in [0.29, 0.717) is 12.8 Å². The van der Waals surface area contributed by atoms with E-state index in [2.05, 4.69) is 4.74 Å². The lowest BCUT2D eigenvalue weighted by molar-refractivity contribution is -0.151. The average Bonchev–Trinajstić information content (AvgIpc) is 2.88. The maximum Gasteiger partial charge on any atom is 0.338 e. The van der Waals surface area contributed by atoms with Crippen molar-refractivity contribution in [3.05, 3.63) is 17.7 Å². The molecule has 0 fully saturated rings. The summed E-state index contributed by atoms with van der Waals surface area (Å²) in [6.45, 7) is 14.4. The van der Waals surface area contributed by atoms with E-state index >= 15 is 0 Å². The first-order chi connectivity index (χ1) is 17.4. The molecule has 0 aromatic heterocycles. The van der Waals surface area contributed by atoms with Crippen LogP contribution in [0.5, 0.6) is 17.2 Å². The van der Waals surface area contributed by atoms with Crippen molar-refractivity contribution in [1.29, 1.82) is 0 Å². The minimum atomic E-state index is -0.819. The Hall–Kier alpha value is -3.50. The summed E-state index contributed by atoms with van der Waals surface area (Å²) in [5, 5.41) is 36.1. The zero-order chi connectivity index (χ0) is 30.3. The average molecular weight is 545 g/mol. The summed E-state index contributed by atoms with van der Waals surface area (Å²) in [6, 6.07) is 1.92. The first-order valence-electron chi connectivity index (χ1n) is 12.3. The Morgan fingerprint density at radius 1 is 0.842 bits per heavy atom. The van der Waals surface area contributed by atoms with Crippen molar-refractivity contribution in [2.24, 2.45) is 16.7 Å². The molecule has 0 aliphatic heterocycles. The second-order valence-corrected chi connectivity index (χ2v) is 9.75. The van der Waals surface area contributed by atoms with Crippen LogP contribution >= 0.6 is 0 Å². The number of carbonyl (C=O) groups is 4. The zero-order valence-corrected chi connectivity index (χ0v) is 23.9. The van der Waals surface area contributed by atoms with Gasteiger partial charge < -0.3 is 34.6 Å². The molecule has 1 unspecified atom stereocenters. The minimum absolute atomic E-state index is 0.0784. The second kappa shape index (κ2) is 17.1. The highest BCUT2D eigenvalue weighted by atomic mass is 16.6. The molecule has 4 N–H and O–H groups in total. The molecule has 0 saturated heterocycles. The number of carboxylic acid groups (broad SMARTS) is 1. The predicted octanol–water partition coefficient (Wildman–Crippen LogP) is 4.65. The van der Waals surface area contributed by atoms with Gasteiger partial charge in [0.15, 0.2) is 17.2 Å². The summed E-state index contributed by atoms with van der Waals surface area (Å²) < 4.78 is 14.3. The minimum Gasteiger partial charge on any atom is -0.504 e. The van der Waals surface area contributed by atoms with Gasteiger partial charge in [-0.1, -0.05) is 27.7 Å². The maximum atomic E-state index is 11.6. The van der Waals surface area contributed by atoms with Crippen molar-refractivity contribution in [2.45, 2.75) is 74.7 Å². The third-order valence-corrected chi connectivity index (χ3v) is 5.97. The first kappa shape index (κ1) is 36.7. The molecule has 1 rings (SSSR count). The van der Waals surface area contributed by atoms with E-state index < -0.39 is 34.6 Å². The van der Waals surface area contributed by atoms with Crippen LogP contribution in [0.2, 0.25) is 0 Å². The highest BCUT2D eigenvalue weighted by Crippen LogP contribution is 2.35.